The van der Waals surface area contributed by atoms with Crippen LogP contribution in [0.2, 0.25) is 0 Å². The van der Waals surface area contributed by atoms with Gasteiger partial charge in [0.1, 0.15) is 30.2 Å². The van der Waals surface area contributed by atoms with E-state index >= 15 is 0 Å². The zero-order valence-corrected chi connectivity index (χ0v) is 17.9. The van der Waals surface area contributed by atoms with Gasteiger partial charge in [0, 0.05) is 5.56 Å². The Morgan fingerprint density at radius 3 is 2.50 bits per heavy atom. The average molecular weight is 446 g/mol. The lowest BCUT2D eigenvalue weighted by molar-refractivity contribution is -0.277. The van der Waals surface area contributed by atoms with Crippen LogP contribution in [0.4, 0.5) is 0 Å². The van der Waals surface area contributed by atoms with E-state index in [0.717, 1.165) is 30.4 Å². The molecule has 0 bridgehead atoms. The van der Waals surface area contributed by atoms with Crippen LogP contribution in [-0.2, 0) is 22.4 Å². The number of carbonyl (C=O) groups is 1. The molecular formula is C24H30O8. The minimum atomic E-state index is -1.54. The van der Waals surface area contributed by atoms with Crippen LogP contribution in [0.5, 0.6) is 5.75 Å². The van der Waals surface area contributed by atoms with Gasteiger partial charge in [-0.1, -0.05) is 43.7 Å². The lowest BCUT2D eigenvalue weighted by atomic mass is 9.97. The number of carboxylic acids is 1. The summed E-state index contributed by atoms with van der Waals surface area (Å²) in [4.78, 5) is 11.1. The van der Waals surface area contributed by atoms with Crippen LogP contribution in [-0.4, -0.2) is 68.8 Å². The quantitative estimate of drug-likeness (QED) is 0.391. The SMILES string of the molecule is CCCCc1ccc(O[C@H]2O[C@H](CO)[C@@H](O)[C@H](O)[C@@H]2O)c(-c2cccc(CC(=O)O)c2)c1. The van der Waals surface area contributed by atoms with Crippen LogP contribution in [0.25, 0.3) is 11.1 Å². The summed E-state index contributed by atoms with van der Waals surface area (Å²) in [6.45, 7) is 1.55. The highest BCUT2D eigenvalue weighted by atomic mass is 16.7. The fourth-order valence-corrected chi connectivity index (χ4v) is 3.76. The Kier molecular flexibility index (Phi) is 8.22. The van der Waals surface area contributed by atoms with Crippen molar-refractivity contribution in [3.63, 3.8) is 0 Å². The normalized spacial score (nSPS) is 25.5. The van der Waals surface area contributed by atoms with Crippen LogP contribution >= 0.6 is 0 Å². The third-order valence-corrected chi connectivity index (χ3v) is 5.55. The second kappa shape index (κ2) is 10.9. The van der Waals surface area contributed by atoms with Gasteiger partial charge in [-0.25, -0.2) is 0 Å². The maximum Gasteiger partial charge on any atom is 0.307 e. The number of hydrogen-bond acceptors (Lipinski definition) is 7. The summed E-state index contributed by atoms with van der Waals surface area (Å²) >= 11 is 0. The van der Waals surface area contributed by atoms with Gasteiger partial charge in [0.05, 0.1) is 13.0 Å². The fourth-order valence-electron chi connectivity index (χ4n) is 3.76. The number of hydrogen-bond donors (Lipinski definition) is 5. The van der Waals surface area contributed by atoms with E-state index in [1.54, 1.807) is 24.3 Å². The fraction of sp³-hybridized carbons (Fsp3) is 0.458. The summed E-state index contributed by atoms with van der Waals surface area (Å²) in [5.74, 6) is -0.571. The number of unbranched alkanes of at least 4 members (excludes halogenated alkanes) is 1. The van der Waals surface area contributed by atoms with Gasteiger partial charge in [-0.15, -0.1) is 0 Å². The summed E-state index contributed by atoms with van der Waals surface area (Å²) in [5.41, 5.74) is 3.13. The van der Waals surface area contributed by atoms with Crippen molar-refractivity contribution in [1.29, 1.82) is 0 Å². The Balaban J connectivity index is 1.96. The van der Waals surface area contributed by atoms with E-state index in [9.17, 15) is 25.2 Å². The number of aryl methyl sites for hydroxylation is 1. The molecule has 1 saturated heterocycles. The van der Waals surface area contributed by atoms with Crippen LogP contribution < -0.4 is 4.74 Å². The molecule has 3 rings (SSSR count). The third kappa shape index (κ3) is 5.65. The second-order valence-corrected chi connectivity index (χ2v) is 8.02. The molecule has 174 valence electrons. The lowest BCUT2D eigenvalue weighted by Gasteiger charge is -2.39. The average Bonchev–Trinajstić information content (AvgIpc) is 2.78. The smallest absolute Gasteiger partial charge is 0.307 e. The molecular weight excluding hydrogens is 416 g/mol. The Bertz CT molecular complexity index is 913. The molecule has 5 N–H and O–H groups in total. The van der Waals surface area contributed by atoms with Crippen LogP contribution in [0.15, 0.2) is 42.5 Å². The van der Waals surface area contributed by atoms with Crippen molar-refractivity contribution < 1.29 is 39.8 Å². The summed E-state index contributed by atoms with van der Waals surface area (Å²) in [5, 5.41) is 49.0. The van der Waals surface area contributed by atoms with E-state index in [0.29, 0.717) is 16.9 Å². The summed E-state index contributed by atoms with van der Waals surface area (Å²) in [6, 6.07) is 12.7. The maximum atomic E-state index is 11.1. The molecule has 0 aliphatic carbocycles. The van der Waals surface area contributed by atoms with Gasteiger partial charge in [0.25, 0.3) is 0 Å². The predicted molar refractivity (Wildman–Crippen MR) is 116 cm³/mol. The first-order chi connectivity index (χ1) is 15.3. The molecule has 2 aromatic rings. The van der Waals surface area contributed by atoms with E-state index in [1.807, 2.05) is 18.2 Å². The molecule has 2 aromatic carbocycles. The molecule has 8 nitrogen and oxygen atoms in total. The van der Waals surface area contributed by atoms with Crippen LogP contribution in [0.1, 0.15) is 30.9 Å². The molecule has 0 saturated carbocycles. The highest BCUT2D eigenvalue weighted by Gasteiger charge is 2.44. The number of carboxylic acid groups (broad SMARTS) is 1. The van der Waals surface area contributed by atoms with Crippen molar-refractivity contribution in [3.05, 3.63) is 53.6 Å². The van der Waals surface area contributed by atoms with Crippen LogP contribution in [0.3, 0.4) is 0 Å². The maximum absolute atomic E-state index is 11.1. The van der Waals surface area contributed by atoms with Gasteiger partial charge >= 0.3 is 5.97 Å². The molecule has 0 unspecified atom stereocenters. The second-order valence-electron chi connectivity index (χ2n) is 8.02. The predicted octanol–water partition coefficient (Wildman–Crippen LogP) is 1.50. The largest absolute Gasteiger partial charge is 0.481 e. The van der Waals surface area contributed by atoms with Crippen molar-refractivity contribution in [2.24, 2.45) is 0 Å². The highest BCUT2D eigenvalue weighted by Crippen LogP contribution is 2.35. The Hall–Kier alpha value is -2.49. The van der Waals surface area contributed by atoms with Gasteiger partial charge in [-0.2, -0.15) is 0 Å². The van der Waals surface area contributed by atoms with Crippen molar-refractivity contribution in [1.82, 2.24) is 0 Å². The van der Waals surface area contributed by atoms with E-state index in [2.05, 4.69) is 6.92 Å². The molecule has 1 fully saturated rings. The molecule has 1 heterocycles. The molecule has 0 amide bonds. The van der Waals surface area contributed by atoms with E-state index < -0.39 is 43.3 Å². The molecule has 0 aromatic heterocycles. The lowest BCUT2D eigenvalue weighted by Crippen LogP contribution is -2.60. The van der Waals surface area contributed by atoms with Crippen molar-refractivity contribution in [2.45, 2.75) is 63.3 Å². The van der Waals surface area contributed by atoms with E-state index in [1.165, 1.54) is 0 Å². The van der Waals surface area contributed by atoms with Gasteiger partial charge in [-0.05, 0) is 41.7 Å². The minimum absolute atomic E-state index is 0.119. The number of aliphatic hydroxyl groups is 4. The number of benzene rings is 2. The minimum Gasteiger partial charge on any atom is -0.481 e. The van der Waals surface area contributed by atoms with Crippen molar-refractivity contribution in [2.75, 3.05) is 6.61 Å². The topological polar surface area (TPSA) is 137 Å². The zero-order valence-electron chi connectivity index (χ0n) is 17.9. The molecule has 1 aliphatic heterocycles. The molecule has 8 heteroatoms. The Labute approximate surface area is 186 Å². The van der Waals surface area contributed by atoms with Gasteiger partial charge in [-0.3, -0.25) is 4.79 Å². The van der Waals surface area contributed by atoms with Gasteiger partial charge in [0.2, 0.25) is 6.29 Å². The summed E-state index contributed by atoms with van der Waals surface area (Å²) in [6.07, 6.45) is -4.16. The van der Waals surface area contributed by atoms with Crippen molar-refractivity contribution >= 4 is 5.97 Å². The number of aliphatic carboxylic acids is 1. The number of rotatable bonds is 9. The van der Waals surface area contributed by atoms with Gasteiger partial charge < -0.3 is 35.0 Å². The Morgan fingerprint density at radius 1 is 1.03 bits per heavy atom. The molecule has 5 atom stereocenters. The standard InChI is InChI=1S/C24H30O8/c1-2-3-5-14-8-9-18(31-24-23(30)22(29)21(28)19(13-25)32-24)17(11-14)16-7-4-6-15(10-16)12-20(26)27/h4,6-11,19,21-25,28-30H,2-3,5,12-13H2,1H3,(H,26,27)/t19-,21-,22+,23+,24+/m1/s1. The molecule has 0 radical (unpaired) electrons. The molecule has 32 heavy (non-hydrogen) atoms. The van der Waals surface area contributed by atoms with E-state index in [-0.39, 0.29) is 6.42 Å². The first kappa shape index (κ1) is 24.2. The van der Waals surface area contributed by atoms with E-state index in [4.69, 9.17) is 14.6 Å². The van der Waals surface area contributed by atoms with Crippen LogP contribution in [0, 0.1) is 0 Å². The highest BCUT2D eigenvalue weighted by molar-refractivity contribution is 5.74. The number of ether oxygens (including phenoxy) is 2. The summed E-state index contributed by atoms with van der Waals surface area (Å²) < 4.78 is 11.4. The summed E-state index contributed by atoms with van der Waals surface area (Å²) in [7, 11) is 0. The molecule has 0 spiro atoms. The Morgan fingerprint density at radius 2 is 1.81 bits per heavy atom. The van der Waals surface area contributed by atoms with Gasteiger partial charge in [0.15, 0.2) is 0 Å². The zero-order chi connectivity index (χ0) is 23.3. The monoisotopic (exact) mass is 446 g/mol. The first-order valence-corrected chi connectivity index (χ1v) is 10.7. The third-order valence-electron chi connectivity index (χ3n) is 5.55. The van der Waals surface area contributed by atoms with Crippen molar-refractivity contribution in [3.8, 4) is 16.9 Å². The number of aliphatic hydroxyl groups excluding tert-OH is 4. The molecule has 1 aliphatic rings. The first-order valence-electron chi connectivity index (χ1n) is 10.7.